The maximum Gasteiger partial charge on any atom is 0.235 e. The summed E-state index contributed by atoms with van der Waals surface area (Å²) in [5.74, 6) is 0.699. The summed E-state index contributed by atoms with van der Waals surface area (Å²) in [5.41, 5.74) is 7.99. The van der Waals surface area contributed by atoms with Gasteiger partial charge >= 0.3 is 0 Å². The molecule has 0 spiro atoms. The highest BCUT2D eigenvalue weighted by Crippen LogP contribution is 2.45. The highest BCUT2D eigenvalue weighted by atomic mass is 32.1. The third-order valence-electron chi connectivity index (χ3n) is 8.75. The van der Waals surface area contributed by atoms with E-state index in [1.165, 1.54) is 42.6 Å². The lowest BCUT2D eigenvalue weighted by Crippen LogP contribution is -2.06. The lowest BCUT2D eigenvalue weighted by atomic mass is 10.00. The molecule has 3 aromatic heterocycles. The Morgan fingerprint density at radius 2 is 1.27 bits per heavy atom. The summed E-state index contributed by atoms with van der Waals surface area (Å²) >= 11 is 1.88. The minimum atomic E-state index is 0.699. The molecule has 44 heavy (non-hydrogen) atoms. The summed E-state index contributed by atoms with van der Waals surface area (Å²) in [6.45, 7) is 0. The van der Waals surface area contributed by atoms with E-state index in [9.17, 15) is 0 Å². The Hall–Kier alpha value is -5.32. The second kappa shape index (κ2) is 10.1. The summed E-state index contributed by atoms with van der Waals surface area (Å²) in [7, 11) is 0. The summed E-state index contributed by atoms with van der Waals surface area (Å²) in [6.07, 6.45) is 10.6. The van der Waals surface area contributed by atoms with Gasteiger partial charge in [0.05, 0.1) is 27.3 Å². The van der Waals surface area contributed by atoms with Crippen molar-refractivity contribution in [1.29, 1.82) is 0 Å². The standard InChI is InChI=1S/C40H27N3S/c1-2-7-21-32-30-19-11-13-23-35(30)44-39(32)38-31(20-6-1)29-18-10-12-22-34(29)43(38)40-41-36(27-15-4-3-5-16-27)33-25-24-26-14-8-9-17-28(26)37(33)42-40/h1-19,22-25H,20-21H2. The van der Waals surface area contributed by atoms with E-state index in [2.05, 4.69) is 144 Å². The average Bonchev–Trinajstić information content (AvgIpc) is 3.61. The number of hydrogen-bond acceptors (Lipinski definition) is 3. The van der Waals surface area contributed by atoms with Crippen molar-refractivity contribution in [2.45, 2.75) is 12.8 Å². The summed E-state index contributed by atoms with van der Waals surface area (Å²) in [5, 5.41) is 5.92. The van der Waals surface area contributed by atoms with Crippen molar-refractivity contribution in [3.8, 4) is 27.8 Å². The fourth-order valence-corrected chi connectivity index (χ4v) is 8.04. The van der Waals surface area contributed by atoms with Crippen LogP contribution in [0.2, 0.25) is 0 Å². The van der Waals surface area contributed by atoms with Gasteiger partial charge in [-0.25, -0.2) is 9.97 Å². The van der Waals surface area contributed by atoms with Gasteiger partial charge in [0.15, 0.2) is 0 Å². The van der Waals surface area contributed by atoms with E-state index in [4.69, 9.17) is 9.97 Å². The monoisotopic (exact) mass is 581 g/mol. The maximum absolute atomic E-state index is 5.44. The molecule has 4 heteroatoms. The molecule has 1 aliphatic carbocycles. The first-order valence-corrected chi connectivity index (χ1v) is 15.9. The van der Waals surface area contributed by atoms with E-state index in [1.807, 2.05) is 11.3 Å². The van der Waals surface area contributed by atoms with Gasteiger partial charge in [0, 0.05) is 26.4 Å². The lowest BCUT2D eigenvalue weighted by Gasteiger charge is -2.15. The molecule has 1 aliphatic rings. The van der Waals surface area contributed by atoms with Crippen LogP contribution in [0, 0.1) is 0 Å². The van der Waals surface area contributed by atoms with Crippen LogP contribution >= 0.6 is 11.3 Å². The molecule has 8 aromatic rings. The average molecular weight is 582 g/mol. The van der Waals surface area contributed by atoms with Gasteiger partial charge in [0.25, 0.3) is 0 Å². The van der Waals surface area contributed by atoms with E-state index in [0.29, 0.717) is 5.95 Å². The Balaban J connectivity index is 1.46. The largest absolute Gasteiger partial charge is 0.277 e. The van der Waals surface area contributed by atoms with Crippen LogP contribution in [0.25, 0.3) is 70.4 Å². The first kappa shape index (κ1) is 25.2. The van der Waals surface area contributed by atoms with Gasteiger partial charge in [0.2, 0.25) is 5.95 Å². The quantitative estimate of drug-likeness (QED) is 0.190. The molecule has 3 nitrogen and oxygen atoms in total. The molecule has 0 unspecified atom stereocenters. The van der Waals surface area contributed by atoms with Crippen molar-refractivity contribution in [2.75, 3.05) is 0 Å². The molecule has 0 saturated carbocycles. The third kappa shape index (κ3) is 3.88. The Kier molecular flexibility index (Phi) is 5.81. The van der Waals surface area contributed by atoms with Crippen LogP contribution < -0.4 is 0 Å². The van der Waals surface area contributed by atoms with Crippen molar-refractivity contribution in [1.82, 2.24) is 14.5 Å². The van der Waals surface area contributed by atoms with Gasteiger partial charge in [-0.1, -0.05) is 121 Å². The number of allylic oxidation sites excluding steroid dienone is 4. The summed E-state index contributed by atoms with van der Waals surface area (Å²) < 4.78 is 3.64. The van der Waals surface area contributed by atoms with Gasteiger partial charge in [-0.3, -0.25) is 4.57 Å². The predicted molar refractivity (Wildman–Crippen MR) is 186 cm³/mol. The van der Waals surface area contributed by atoms with Crippen LogP contribution in [0.5, 0.6) is 0 Å². The minimum Gasteiger partial charge on any atom is -0.277 e. The number of thiophene rings is 1. The van der Waals surface area contributed by atoms with E-state index in [-0.39, 0.29) is 0 Å². The Morgan fingerprint density at radius 1 is 0.568 bits per heavy atom. The molecular weight excluding hydrogens is 555 g/mol. The molecule has 9 rings (SSSR count). The topological polar surface area (TPSA) is 30.7 Å². The van der Waals surface area contributed by atoms with E-state index in [0.717, 1.165) is 45.9 Å². The minimum absolute atomic E-state index is 0.699. The SMILES string of the molecule is C1=CCc2c(sc3ccccc23)-c2c(c3ccccc3n2-c2nc(-c3ccccc3)c3ccc4ccccc4c3n2)CC=C1. The number of nitrogens with zero attached hydrogens (tertiary/aromatic N) is 3. The Morgan fingerprint density at radius 3 is 2.14 bits per heavy atom. The van der Waals surface area contributed by atoms with Crippen molar-refractivity contribution in [3.63, 3.8) is 0 Å². The van der Waals surface area contributed by atoms with Gasteiger partial charge in [-0.05, 0) is 52.9 Å². The molecule has 0 amide bonds. The Bertz CT molecular complexity index is 2440. The number of aromatic nitrogens is 3. The smallest absolute Gasteiger partial charge is 0.235 e. The number of hydrogen-bond donors (Lipinski definition) is 0. The van der Waals surface area contributed by atoms with E-state index >= 15 is 0 Å². The van der Waals surface area contributed by atoms with Crippen LogP contribution in [0.4, 0.5) is 0 Å². The van der Waals surface area contributed by atoms with Gasteiger partial charge in [-0.2, -0.15) is 0 Å². The normalized spacial score (nSPS) is 13.1. The van der Waals surface area contributed by atoms with Crippen molar-refractivity contribution in [3.05, 3.63) is 151 Å². The number of fused-ring (bicyclic) bond motifs is 10. The van der Waals surface area contributed by atoms with Crippen LogP contribution in [0.15, 0.2) is 140 Å². The fraction of sp³-hybridized carbons (Fsp3) is 0.0500. The third-order valence-corrected chi connectivity index (χ3v) is 9.97. The van der Waals surface area contributed by atoms with E-state index < -0.39 is 0 Å². The summed E-state index contributed by atoms with van der Waals surface area (Å²) in [6, 6.07) is 40.9. The molecule has 208 valence electrons. The first-order valence-electron chi connectivity index (χ1n) is 15.1. The van der Waals surface area contributed by atoms with Crippen LogP contribution in [-0.4, -0.2) is 14.5 Å². The molecule has 0 saturated heterocycles. The lowest BCUT2D eigenvalue weighted by molar-refractivity contribution is 0.986. The molecule has 0 radical (unpaired) electrons. The van der Waals surface area contributed by atoms with Gasteiger partial charge in [-0.15, -0.1) is 11.3 Å². The molecule has 0 N–H and O–H groups in total. The van der Waals surface area contributed by atoms with Crippen LogP contribution in [0.1, 0.15) is 11.1 Å². The molecule has 3 heterocycles. The Labute approximate surface area is 259 Å². The van der Waals surface area contributed by atoms with Crippen LogP contribution in [0.3, 0.4) is 0 Å². The maximum atomic E-state index is 5.44. The van der Waals surface area contributed by atoms with Crippen molar-refractivity contribution < 1.29 is 0 Å². The zero-order chi connectivity index (χ0) is 29.0. The number of para-hydroxylation sites is 1. The fourth-order valence-electron chi connectivity index (χ4n) is 6.75. The zero-order valence-electron chi connectivity index (χ0n) is 23.9. The zero-order valence-corrected chi connectivity index (χ0v) is 24.8. The summed E-state index contributed by atoms with van der Waals surface area (Å²) in [4.78, 5) is 12.2. The molecule has 0 fully saturated rings. The van der Waals surface area contributed by atoms with Gasteiger partial charge in [0.1, 0.15) is 0 Å². The molecule has 0 aliphatic heterocycles. The molecule has 0 bridgehead atoms. The second-order valence-corrected chi connectivity index (χ2v) is 12.3. The van der Waals surface area contributed by atoms with E-state index in [1.54, 1.807) is 0 Å². The van der Waals surface area contributed by atoms with Crippen molar-refractivity contribution >= 4 is 54.0 Å². The van der Waals surface area contributed by atoms with Crippen LogP contribution in [-0.2, 0) is 12.8 Å². The highest BCUT2D eigenvalue weighted by Gasteiger charge is 2.26. The second-order valence-electron chi connectivity index (χ2n) is 11.3. The molecular formula is C40H27N3S. The van der Waals surface area contributed by atoms with Gasteiger partial charge < -0.3 is 0 Å². The number of rotatable bonds is 2. The first-order chi connectivity index (χ1) is 21.8. The highest BCUT2D eigenvalue weighted by molar-refractivity contribution is 7.22. The molecule has 0 atom stereocenters. The molecule has 5 aromatic carbocycles. The predicted octanol–water partition coefficient (Wildman–Crippen LogP) is 10.5. The number of benzene rings is 5. The van der Waals surface area contributed by atoms with Crippen molar-refractivity contribution in [2.24, 2.45) is 0 Å².